The van der Waals surface area contributed by atoms with Crippen LogP contribution in [0.25, 0.3) is 0 Å². The molecule has 6 heteroatoms. The van der Waals surface area contributed by atoms with Gasteiger partial charge in [0.15, 0.2) is 5.96 Å². The summed E-state index contributed by atoms with van der Waals surface area (Å²) >= 11 is 2.09. The summed E-state index contributed by atoms with van der Waals surface area (Å²) in [5.74, 6) is 2.88. The van der Waals surface area contributed by atoms with Crippen molar-refractivity contribution in [3.63, 3.8) is 0 Å². The van der Waals surface area contributed by atoms with Crippen LogP contribution in [0.1, 0.15) is 26.7 Å². The number of hydrogen-bond donors (Lipinski definition) is 1. The number of nitrogens with zero attached hydrogens (tertiary/aromatic N) is 2. The molecule has 2 saturated heterocycles. The minimum atomic E-state index is -0.115. The van der Waals surface area contributed by atoms with Gasteiger partial charge in [-0.3, -0.25) is 4.99 Å². The summed E-state index contributed by atoms with van der Waals surface area (Å²) in [6.07, 6.45) is 1.88. The Bertz CT molecular complexity index is 370. The molecule has 0 saturated carbocycles. The Kier molecular flexibility index (Phi) is 6.84. The van der Waals surface area contributed by atoms with Gasteiger partial charge in [-0.25, -0.2) is 0 Å². The number of hydrogen-bond acceptors (Lipinski definition) is 4. The first-order valence-electron chi connectivity index (χ1n) is 8.30. The van der Waals surface area contributed by atoms with Crippen molar-refractivity contribution < 1.29 is 9.47 Å². The molecular weight excluding hydrogens is 298 g/mol. The second-order valence-electron chi connectivity index (χ2n) is 6.50. The van der Waals surface area contributed by atoms with Crippen LogP contribution in [-0.4, -0.2) is 74.5 Å². The molecule has 1 unspecified atom stereocenters. The number of ether oxygens (including phenoxy) is 2. The summed E-state index contributed by atoms with van der Waals surface area (Å²) in [6, 6.07) is 0. The molecule has 0 bridgehead atoms. The first-order chi connectivity index (χ1) is 10.6. The van der Waals surface area contributed by atoms with Gasteiger partial charge in [-0.2, -0.15) is 11.8 Å². The Hall–Kier alpha value is -0.460. The maximum Gasteiger partial charge on any atom is 0.193 e. The number of rotatable bonds is 4. The third-order valence-electron chi connectivity index (χ3n) is 4.75. The molecule has 0 aliphatic carbocycles. The highest BCUT2D eigenvalue weighted by atomic mass is 32.2. The summed E-state index contributed by atoms with van der Waals surface area (Å²) < 4.78 is 11.3. The van der Waals surface area contributed by atoms with Crippen LogP contribution in [0.2, 0.25) is 0 Å². The number of guanidine groups is 1. The van der Waals surface area contributed by atoms with E-state index in [2.05, 4.69) is 40.8 Å². The average molecular weight is 330 g/mol. The fourth-order valence-corrected chi connectivity index (χ4v) is 4.34. The van der Waals surface area contributed by atoms with Gasteiger partial charge in [0.1, 0.15) is 0 Å². The molecule has 1 atom stereocenters. The van der Waals surface area contributed by atoms with Gasteiger partial charge < -0.3 is 19.7 Å². The largest absolute Gasteiger partial charge is 0.381 e. The molecule has 0 amide bonds. The van der Waals surface area contributed by atoms with E-state index < -0.39 is 0 Å². The van der Waals surface area contributed by atoms with Crippen LogP contribution in [0.3, 0.4) is 0 Å². The van der Waals surface area contributed by atoms with Gasteiger partial charge in [0.05, 0.1) is 5.60 Å². The number of nitrogens with one attached hydrogen (secondary N) is 1. The first kappa shape index (κ1) is 17.9. The normalized spacial score (nSPS) is 26.3. The van der Waals surface area contributed by atoms with Crippen molar-refractivity contribution in [1.82, 2.24) is 10.2 Å². The van der Waals surface area contributed by atoms with Gasteiger partial charge in [-0.05, 0) is 5.92 Å². The van der Waals surface area contributed by atoms with E-state index >= 15 is 0 Å². The lowest BCUT2D eigenvalue weighted by Crippen LogP contribution is -2.54. The van der Waals surface area contributed by atoms with Crippen molar-refractivity contribution in [3.05, 3.63) is 0 Å². The molecule has 0 aromatic heterocycles. The molecule has 5 nitrogen and oxygen atoms in total. The molecule has 2 aliphatic rings. The molecular formula is C16H31N3O2S. The smallest absolute Gasteiger partial charge is 0.193 e. The van der Waals surface area contributed by atoms with E-state index in [0.717, 1.165) is 51.6 Å². The van der Waals surface area contributed by atoms with Crippen LogP contribution >= 0.6 is 11.8 Å². The summed E-state index contributed by atoms with van der Waals surface area (Å²) in [7, 11) is 3.68. The first-order valence-corrected chi connectivity index (χ1v) is 9.35. The van der Waals surface area contributed by atoms with Crippen molar-refractivity contribution in [3.8, 4) is 0 Å². The van der Waals surface area contributed by atoms with E-state index in [1.807, 2.05) is 14.2 Å². The van der Waals surface area contributed by atoms with E-state index in [9.17, 15) is 0 Å². The van der Waals surface area contributed by atoms with Crippen LogP contribution in [-0.2, 0) is 9.47 Å². The monoisotopic (exact) mass is 329 g/mol. The lowest BCUT2D eigenvalue weighted by Gasteiger charge is -2.39. The van der Waals surface area contributed by atoms with E-state index in [4.69, 9.17) is 9.47 Å². The van der Waals surface area contributed by atoms with Gasteiger partial charge >= 0.3 is 0 Å². The zero-order valence-corrected chi connectivity index (χ0v) is 15.2. The van der Waals surface area contributed by atoms with Crippen LogP contribution < -0.4 is 5.32 Å². The molecule has 0 radical (unpaired) electrons. The summed E-state index contributed by atoms with van der Waals surface area (Å²) in [4.78, 5) is 6.88. The van der Waals surface area contributed by atoms with Gasteiger partial charge in [0, 0.05) is 70.8 Å². The van der Waals surface area contributed by atoms with E-state index in [1.54, 1.807) is 0 Å². The molecule has 2 aliphatic heterocycles. The van der Waals surface area contributed by atoms with E-state index in [0.29, 0.717) is 11.2 Å². The Labute approximate surface area is 139 Å². The second kappa shape index (κ2) is 8.41. The van der Waals surface area contributed by atoms with Crippen molar-refractivity contribution in [1.29, 1.82) is 0 Å². The maximum absolute atomic E-state index is 5.80. The highest BCUT2D eigenvalue weighted by Crippen LogP contribution is 2.26. The van der Waals surface area contributed by atoms with E-state index in [1.165, 1.54) is 5.75 Å². The fourth-order valence-electron chi connectivity index (χ4n) is 3.04. The number of methoxy groups -OCH3 is 1. The molecule has 0 aromatic carbocycles. The van der Waals surface area contributed by atoms with Gasteiger partial charge in [0.2, 0.25) is 0 Å². The molecule has 2 heterocycles. The fraction of sp³-hybridized carbons (Fsp3) is 0.938. The lowest BCUT2D eigenvalue weighted by molar-refractivity contribution is -0.0857. The molecule has 128 valence electrons. The van der Waals surface area contributed by atoms with Gasteiger partial charge in [0.25, 0.3) is 0 Å². The molecule has 2 fully saturated rings. The highest BCUT2D eigenvalue weighted by molar-refractivity contribution is 8.00. The predicted molar refractivity (Wildman–Crippen MR) is 93.8 cm³/mol. The maximum atomic E-state index is 5.80. The Morgan fingerprint density at radius 1 is 1.45 bits per heavy atom. The third kappa shape index (κ3) is 4.52. The Balaban J connectivity index is 1.91. The van der Waals surface area contributed by atoms with Crippen molar-refractivity contribution >= 4 is 17.7 Å². The van der Waals surface area contributed by atoms with Crippen molar-refractivity contribution in [2.45, 2.75) is 37.5 Å². The minimum Gasteiger partial charge on any atom is -0.381 e. The lowest BCUT2D eigenvalue weighted by atomic mass is 9.94. The molecule has 2 rings (SSSR count). The molecule has 1 N–H and O–H groups in total. The van der Waals surface area contributed by atoms with Crippen LogP contribution in [0, 0.1) is 5.92 Å². The summed E-state index contributed by atoms with van der Waals surface area (Å²) in [6.45, 7) is 9.11. The van der Waals surface area contributed by atoms with Crippen LogP contribution in [0.15, 0.2) is 4.99 Å². The third-order valence-corrected chi connectivity index (χ3v) is 6.29. The minimum absolute atomic E-state index is 0.115. The Morgan fingerprint density at radius 2 is 2.18 bits per heavy atom. The molecule has 22 heavy (non-hydrogen) atoms. The molecule has 0 aromatic rings. The topological polar surface area (TPSA) is 46.1 Å². The van der Waals surface area contributed by atoms with Gasteiger partial charge in [-0.15, -0.1) is 0 Å². The predicted octanol–water partition coefficient (Wildman–Crippen LogP) is 1.83. The number of aliphatic imine (C=N–C) groups is 1. The quantitative estimate of drug-likeness (QED) is 0.630. The van der Waals surface area contributed by atoms with Crippen LogP contribution in [0.5, 0.6) is 0 Å². The average Bonchev–Trinajstić information content (AvgIpc) is 2.56. The summed E-state index contributed by atoms with van der Waals surface area (Å²) in [5.41, 5.74) is -0.115. The summed E-state index contributed by atoms with van der Waals surface area (Å²) in [5, 5.41) is 4.23. The van der Waals surface area contributed by atoms with Gasteiger partial charge in [-0.1, -0.05) is 13.8 Å². The van der Waals surface area contributed by atoms with E-state index in [-0.39, 0.29) is 5.60 Å². The molecule has 0 spiro atoms. The number of thioether (sulfide) groups is 1. The zero-order valence-electron chi connectivity index (χ0n) is 14.4. The Morgan fingerprint density at radius 3 is 2.77 bits per heavy atom. The van der Waals surface area contributed by atoms with Crippen LogP contribution in [0.4, 0.5) is 0 Å². The SMILES string of the molecule is CN=C(NCC1(OC)CCOCC1)N1CCSC(C(C)C)C1. The highest BCUT2D eigenvalue weighted by Gasteiger charge is 2.33. The standard InChI is InChI=1S/C16H31N3O2S/c1-13(2)14-11-19(7-10-22-14)15(17-3)18-12-16(20-4)5-8-21-9-6-16/h13-14H,5-12H2,1-4H3,(H,17,18). The van der Waals surface area contributed by atoms with Crippen molar-refractivity contribution in [2.75, 3.05) is 52.8 Å². The second-order valence-corrected chi connectivity index (χ2v) is 7.85. The van der Waals surface area contributed by atoms with Crippen molar-refractivity contribution in [2.24, 2.45) is 10.9 Å². The zero-order chi connectivity index (χ0) is 16.0.